The average molecular weight is 334 g/mol. The van der Waals surface area contributed by atoms with Crippen LogP contribution < -0.4 is 0 Å². The third-order valence-corrected chi connectivity index (χ3v) is 6.45. The summed E-state index contributed by atoms with van der Waals surface area (Å²) in [7, 11) is 0. The number of hydrogen-bond acceptors (Lipinski definition) is 2. The van der Waals surface area contributed by atoms with E-state index in [1.165, 1.54) is 19.3 Å². The van der Waals surface area contributed by atoms with Crippen molar-refractivity contribution in [1.82, 2.24) is 4.90 Å². The van der Waals surface area contributed by atoms with E-state index in [9.17, 15) is 9.90 Å². The Balaban J connectivity index is 1.32. The molecule has 4 rings (SSSR count). The van der Waals surface area contributed by atoms with E-state index in [2.05, 4.69) is 0 Å². The highest BCUT2D eigenvalue weighted by atomic mass is 35.5. The molecule has 0 spiro atoms. The Hall–Kier alpha value is -1.06. The Labute approximate surface area is 142 Å². The summed E-state index contributed by atoms with van der Waals surface area (Å²) in [5.41, 5.74) is 0.927. The van der Waals surface area contributed by atoms with Gasteiger partial charge in [-0.3, -0.25) is 4.79 Å². The number of hydrogen-bond donors (Lipinski definition) is 1. The maximum absolute atomic E-state index is 12.6. The molecule has 3 unspecified atom stereocenters. The molecule has 4 heteroatoms. The lowest BCUT2D eigenvalue weighted by atomic mass is 9.87. The fraction of sp³-hybridized carbons (Fsp3) is 0.632. The van der Waals surface area contributed by atoms with Crippen molar-refractivity contribution in [2.75, 3.05) is 13.1 Å². The number of fused-ring (bicyclic) bond motifs is 1. The van der Waals surface area contributed by atoms with Crippen molar-refractivity contribution < 1.29 is 9.90 Å². The lowest BCUT2D eigenvalue weighted by Crippen LogP contribution is -2.41. The zero-order chi connectivity index (χ0) is 16.0. The third-order valence-electron chi connectivity index (χ3n) is 6.20. The molecular formula is C19H24ClNO2. The molecule has 2 saturated carbocycles. The number of carbonyl (C=O) groups excluding carboxylic acids is 1. The van der Waals surface area contributed by atoms with E-state index in [4.69, 9.17) is 11.6 Å². The van der Waals surface area contributed by atoms with Crippen LogP contribution in [0.3, 0.4) is 0 Å². The second-order valence-electron chi connectivity index (χ2n) is 7.44. The van der Waals surface area contributed by atoms with Crippen LogP contribution in [0.5, 0.6) is 0 Å². The molecule has 23 heavy (non-hydrogen) atoms. The van der Waals surface area contributed by atoms with E-state index >= 15 is 0 Å². The van der Waals surface area contributed by atoms with Crippen molar-refractivity contribution in [2.24, 2.45) is 23.7 Å². The Kier molecular flexibility index (Phi) is 4.10. The number of carbonyl (C=O) groups is 1. The molecule has 3 aliphatic rings. The summed E-state index contributed by atoms with van der Waals surface area (Å²) in [6, 6.07) is 7.45. The van der Waals surface area contributed by atoms with Crippen molar-refractivity contribution in [3.8, 4) is 0 Å². The number of aliphatic hydroxyl groups is 1. The van der Waals surface area contributed by atoms with Crippen molar-refractivity contribution in [3.05, 3.63) is 34.9 Å². The van der Waals surface area contributed by atoms with E-state index in [0.29, 0.717) is 28.7 Å². The molecule has 2 aliphatic carbocycles. The van der Waals surface area contributed by atoms with Gasteiger partial charge in [0.2, 0.25) is 5.91 Å². The second-order valence-corrected chi connectivity index (χ2v) is 7.88. The molecule has 0 bridgehead atoms. The fourth-order valence-corrected chi connectivity index (χ4v) is 4.89. The Morgan fingerprint density at radius 1 is 1.09 bits per heavy atom. The molecule has 1 aliphatic heterocycles. The van der Waals surface area contributed by atoms with Gasteiger partial charge >= 0.3 is 0 Å². The Bertz CT molecular complexity index is 570. The summed E-state index contributed by atoms with van der Waals surface area (Å²) in [5.74, 6) is 2.35. The standard InChI is InChI=1S/C19H24ClNO2/c20-14-6-4-12(5-7-14)18(22)13-8-10-21(11-9-13)19(23)17-15-2-1-3-16(15)17/h4-7,13,15-18,22H,1-3,8-11H2. The smallest absolute Gasteiger partial charge is 0.226 e. The topological polar surface area (TPSA) is 40.5 Å². The van der Waals surface area contributed by atoms with Crippen molar-refractivity contribution in [1.29, 1.82) is 0 Å². The number of rotatable bonds is 3. The maximum atomic E-state index is 12.6. The molecule has 1 heterocycles. The first kappa shape index (κ1) is 15.5. The third kappa shape index (κ3) is 2.89. The maximum Gasteiger partial charge on any atom is 0.226 e. The van der Waals surface area contributed by atoms with Crippen LogP contribution >= 0.6 is 11.6 Å². The zero-order valence-corrected chi connectivity index (χ0v) is 14.1. The summed E-state index contributed by atoms with van der Waals surface area (Å²) >= 11 is 5.91. The number of likely N-dealkylation sites (tertiary alicyclic amines) is 1. The molecule has 0 aromatic heterocycles. The van der Waals surface area contributed by atoms with Crippen LogP contribution in [-0.4, -0.2) is 29.0 Å². The summed E-state index contributed by atoms with van der Waals surface area (Å²) in [6.45, 7) is 1.59. The van der Waals surface area contributed by atoms with Gasteiger partial charge in [-0.25, -0.2) is 0 Å². The lowest BCUT2D eigenvalue weighted by molar-refractivity contribution is -0.135. The van der Waals surface area contributed by atoms with Gasteiger partial charge < -0.3 is 10.0 Å². The van der Waals surface area contributed by atoms with Crippen molar-refractivity contribution in [3.63, 3.8) is 0 Å². The number of amides is 1. The van der Waals surface area contributed by atoms with Crippen LogP contribution in [0.15, 0.2) is 24.3 Å². The highest BCUT2D eigenvalue weighted by molar-refractivity contribution is 6.30. The van der Waals surface area contributed by atoms with E-state index in [1.807, 2.05) is 29.2 Å². The molecule has 124 valence electrons. The van der Waals surface area contributed by atoms with Gasteiger partial charge in [-0.15, -0.1) is 0 Å². The highest BCUT2D eigenvalue weighted by Crippen LogP contribution is 2.58. The number of piperidine rings is 1. The Morgan fingerprint density at radius 2 is 1.70 bits per heavy atom. The van der Waals surface area contributed by atoms with Crippen LogP contribution in [0.1, 0.15) is 43.8 Å². The van der Waals surface area contributed by atoms with Crippen LogP contribution in [0.4, 0.5) is 0 Å². The molecule has 1 aromatic carbocycles. The van der Waals surface area contributed by atoms with Crippen molar-refractivity contribution in [2.45, 2.75) is 38.2 Å². The molecule has 1 N–H and O–H groups in total. The predicted molar refractivity (Wildman–Crippen MR) is 90.0 cm³/mol. The van der Waals surface area contributed by atoms with Gasteiger partial charge in [-0.05, 0) is 61.1 Å². The van der Waals surface area contributed by atoms with Gasteiger partial charge in [0.25, 0.3) is 0 Å². The Morgan fingerprint density at radius 3 is 2.30 bits per heavy atom. The number of halogens is 1. The van der Waals surface area contributed by atoms with Gasteiger partial charge in [0.1, 0.15) is 0 Å². The minimum Gasteiger partial charge on any atom is -0.388 e. The first-order chi connectivity index (χ1) is 11.1. The van der Waals surface area contributed by atoms with E-state index in [-0.39, 0.29) is 5.92 Å². The summed E-state index contributed by atoms with van der Waals surface area (Å²) in [6.07, 6.45) is 5.15. The monoisotopic (exact) mass is 333 g/mol. The normalized spacial score (nSPS) is 31.7. The van der Waals surface area contributed by atoms with Gasteiger partial charge in [0.15, 0.2) is 0 Å². The van der Waals surface area contributed by atoms with Gasteiger partial charge in [-0.1, -0.05) is 30.2 Å². The predicted octanol–water partition coefficient (Wildman–Crippen LogP) is 3.66. The SMILES string of the molecule is O=C(C1C2CCCC21)N1CCC(C(O)c2ccc(Cl)cc2)CC1. The largest absolute Gasteiger partial charge is 0.388 e. The quantitative estimate of drug-likeness (QED) is 0.917. The molecule has 3 fully saturated rings. The molecular weight excluding hydrogens is 310 g/mol. The second kappa shape index (κ2) is 6.10. The lowest BCUT2D eigenvalue weighted by Gasteiger charge is -2.34. The summed E-state index contributed by atoms with van der Waals surface area (Å²) < 4.78 is 0. The van der Waals surface area contributed by atoms with Gasteiger partial charge in [0.05, 0.1) is 6.10 Å². The van der Waals surface area contributed by atoms with Crippen molar-refractivity contribution >= 4 is 17.5 Å². The van der Waals surface area contributed by atoms with Gasteiger partial charge in [-0.2, -0.15) is 0 Å². The summed E-state index contributed by atoms with van der Waals surface area (Å²) in [5, 5.41) is 11.3. The van der Waals surface area contributed by atoms with E-state index in [1.54, 1.807) is 0 Å². The number of benzene rings is 1. The van der Waals surface area contributed by atoms with Crippen LogP contribution in [0, 0.1) is 23.7 Å². The van der Waals surface area contributed by atoms with E-state index < -0.39 is 6.10 Å². The van der Waals surface area contributed by atoms with E-state index in [0.717, 1.165) is 31.5 Å². The zero-order valence-electron chi connectivity index (χ0n) is 13.3. The average Bonchev–Trinajstić information content (AvgIpc) is 3.06. The first-order valence-corrected chi connectivity index (χ1v) is 9.25. The fourth-order valence-electron chi connectivity index (χ4n) is 4.77. The van der Waals surface area contributed by atoms with Crippen LogP contribution in [0.2, 0.25) is 5.02 Å². The van der Waals surface area contributed by atoms with Gasteiger partial charge in [0, 0.05) is 24.0 Å². The minimum absolute atomic E-state index is 0.235. The number of aliphatic hydroxyl groups excluding tert-OH is 1. The number of nitrogens with zero attached hydrogens (tertiary/aromatic N) is 1. The minimum atomic E-state index is -0.454. The van der Waals surface area contributed by atoms with Crippen LogP contribution in [-0.2, 0) is 4.79 Å². The first-order valence-electron chi connectivity index (χ1n) is 8.87. The highest BCUT2D eigenvalue weighted by Gasteiger charge is 2.57. The summed E-state index contributed by atoms with van der Waals surface area (Å²) in [4.78, 5) is 14.7. The molecule has 1 amide bonds. The molecule has 1 saturated heterocycles. The molecule has 3 atom stereocenters. The van der Waals surface area contributed by atoms with Crippen LogP contribution in [0.25, 0.3) is 0 Å². The molecule has 0 radical (unpaired) electrons. The molecule has 3 nitrogen and oxygen atoms in total. The molecule has 1 aromatic rings.